The largest absolute Gasteiger partial charge is 0.476 e. The van der Waals surface area contributed by atoms with Crippen molar-refractivity contribution in [3.8, 4) is 0 Å². The van der Waals surface area contributed by atoms with Crippen LogP contribution in [0.15, 0.2) is 18.6 Å². The SMILES string of the molecule is CC(c1cnn(C)c1)N1CC(n2cc(C(=O)O)nn2)C1. The number of aromatic carboxylic acids is 1. The molecule has 3 rings (SSSR count). The van der Waals surface area contributed by atoms with Gasteiger partial charge in [-0.05, 0) is 6.92 Å². The van der Waals surface area contributed by atoms with Gasteiger partial charge in [-0.1, -0.05) is 5.21 Å². The van der Waals surface area contributed by atoms with Crippen molar-refractivity contribution in [1.29, 1.82) is 0 Å². The summed E-state index contributed by atoms with van der Waals surface area (Å²) in [6.45, 7) is 3.80. The van der Waals surface area contributed by atoms with Gasteiger partial charge in [-0.3, -0.25) is 9.58 Å². The van der Waals surface area contributed by atoms with Crippen molar-refractivity contribution in [3.05, 3.63) is 29.8 Å². The number of aromatic nitrogens is 5. The first kappa shape index (κ1) is 12.8. The fourth-order valence-corrected chi connectivity index (χ4v) is 2.39. The molecule has 0 radical (unpaired) electrons. The lowest BCUT2D eigenvalue weighted by Crippen LogP contribution is -2.48. The smallest absolute Gasteiger partial charge is 0.358 e. The maximum atomic E-state index is 10.8. The van der Waals surface area contributed by atoms with Gasteiger partial charge in [0, 0.05) is 37.9 Å². The number of hydrogen-bond donors (Lipinski definition) is 1. The topological polar surface area (TPSA) is 89.1 Å². The van der Waals surface area contributed by atoms with Crippen LogP contribution in [-0.4, -0.2) is 53.8 Å². The van der Waals surface area contributed by atoms with Crippen LogP contribution in [0, 0.1) is 0 Å². The fraction of sp³-hybridized carbons (Fsp3) is 0.500. The third kappa shape index (κ3) is 2.18. The molecule has 20 heavy (non-hydrogen) atoms. The van der Waals surface area contributed by atoms with Gasteiger partial charge in [0.15, 0.2) is 5.69 Å². The quantitative estimate of drug-likeness (QED) is 0.865. The molecule has 8 nitrogen and oxygen atoms in total. The van der Waals surface area contributed by atoms with Crippen molar-refractivity contribution >= 4 is 5.97 Å². The maximum absolute atomic E-state index is 10.8. The summed E-state index contributed by atoms with van der Waals surface area (Å²) in [6, 6.07) is 0.483. The molecule has 1 aliphatic heterocycles. The minimum absolute atomic E-state index is 0.0104. The number of hydrogen-bond acceptors (Lipinski definition) is 5. The average Bonchev–Trinajstić information content (AvgIpc) is 2.96. The van der Waals surface area contributed by atoms with E-state index in [0.717, 1.165) is 13.1 Å². The first-order valence-corrected chi connectivity index (χ1v) is 6.42. The molecule has 1 N–H and O–H groups in total. The Hall–Kier alpha value is -2.22. The van der Waals surface area contributed by atoms with Crippen molar-refractivity contribution in [1.82, 2.24) is 29.7 Å². The maximum Gasteiger partial charge on any atom is 0.358 e. The van der Waals surface area contributed by atoms with Gasteiger partial charge in [-0.2, -0.15) is 5.10 Å². The predicted octanol–water partition coefficient (Wildman–Crippen LogP) is 0.328. The summed E-state index contributed by atoms with van der Waals surface area (Å²) < 4.78 is 3.43. The summed E-state index contributed by atoms with van der Waals surface area (Å²) in [4.78, 5) is 13.1. The van der Waals surface area contributed by atoms with E-state index in [0.29, 0.717) is 6.04 Å². The minimum atomic E-state index is -1.05. The second-order valence-corrected chi connectivity index (χ2v) is 5.12. The molecule has 3 heterocycles. The van der Waals surface area contributed by atoms with Gasteiger partial charge in [0.25, 0.3) is 0 Å². The van der Waals surface area contributed by atoms with Crippen LogP contribution >= 0.6 is 0 Å². The van der Waals surface area contributed by atoms with Crippen LogP contribution < -0.4 is 0 Å². The molecule has 106 valence electrons. The fourth-order valence-electron chi connectivity index (χ4n) is 2.39. The third-order valence-corrected chi connectivity index (χ3v) is 3.75. The summed E-state index contributed by atoms with van der Waals surface area (Å²) >= 11 is 0. The predicted molar refractivity (Wildman–Crippen MR) is 69.2 cm³/mol. The molecule has 0 spiro atoms. The van der Waals surface area contributed by atoms with Gasteiger partial charge < -0.3 is 5.11 Å². The number of rotatable bonds is 4. The van der Waals surface area contributed by atoms with Crippen LogP contribution in [0.4, 0.5) is 0 Å². The van der Waals surface area contributed by atoms with Gasteiger partial charge in [-0.15, -0.1) is 5.10 Å². The third-order valence-electron chi connectivity index (χ3n) is 3.75. The molecule has 1 fully saturated rings. The zero-order chi connectivity index (χ0) is 14.3. The molecule has 1 saturated heterocycles. The summed E-state index contributed by atoms with van der Waals surface area (Å²) in [5.74, 6) is -1.05. The van der Waals surface area contributed by atoms with Crippen molar-refractivity contribution in [2.75, 3.05) is 13.1 Å². The molecule has 8 heteroatoms. The Balaban J connectivity index is 1.61. The van der Waals surface area contributed by atoms with Crippen LogP contribution in [0.3, 0.4) is 0 Å². The Kier molecular flexibility index (Phi) is 3.01. The van der Waals surface area contributed by atoms with E-state index in [1.54, 1.807) is 9.36 Å². The Morgan fingerprint density at radius 1 is 1.45 bits per heavy atom. The monoisotopic (exact) mass is 276 g/mol. The van der Waals surface area contributed by atoms with E-state index in [2.05, 4.69) is 27.2 Å². The molecule has 2 aromatic heterocycles. The van der Waals surface area contributed by atoms with E-state index < -0.39 is 5.97 Å². The molecule has 0 bridgehead atoms. The van der Waals surface area contributed by atoms with Gasteiger partial charge in [0.05, 0.1) is 18.4 Å². The highest BCUT2D eigenvalue weighted by Gasteiger charge is 2.33. The molecule has 0 aromatic carbocycles. The van der Waals surface area contributed by atoms with Crippen molar-refractivity contribution in [3.63, 3.8) is 0 Å². The van der Waals surface area contributed by atoms with Gasteiger partial charge in [0.1, 0.15) is 0 Å². The molecule has 2 aromatic rings. The number of carboxylic acid groups (broad SMARTS) is 1. The molecule has 0 amide bonds. The Morgan fingerprint density at radius 2 is 2.20 bits per heavy atom. The summed E-state index contributed by atoms with van der Waals surface area (Å²) in [5, 5.41) is 20.5. The lowest BCUT2D eigenvalue weighted by molar-refractivity contribution is 0.0585. The van der Waals surface area contributed by atoms with E-state index in [4.69, 9.17) is 5.11 Å². The molecule has 1 atom stereocenters. The second-order valence-electron chi connectivity index (χ2n) is 5.12. The zero-order valence-corrected chi connectivity index (χ0v) is 11.3. The highest BCUT2D eigenvalue weighted by atomic mass is 16.4. The number of aryl methyl sites for hydroxylation is 1. The second kappa shape index (κ2) is 4.71. The molecule has 0 saturated carbocycles. The van der Waals surface area contributed by atoms with Gasteiger partial charge >= 0.3 is 5.97 Å². The normalized spacial score (nSPS) is 17.9. The van der Waals surface area contributed by atoms with Crippen LogP contribution in [0.1, 0.15) is 35.1 Å². The first-order valence-electron chi connectivity index (χ1n) is 6.42. The molecule has 1 unspecified atom stereocenters. The highest BCUT2D eigenvalue weighted by molar-refractivity contribution is 5.84. The van der Waals surface area contributed by atoms with E-state index in [1.165, 1.54) is 11.8 Å². The molecule has 1 aliphatic rings. The Morgan fingerprint density at radius 3 is 2.75 bits per heavy atom. The molecular formula is C12H16N6O2. The van der Waals surface area contributed by atoms with E-state index in [-0.39, 0.29) is 11.7 Å². The number of nitrogens with zero attached hydrogens (tertiary/aromatic N) is 6. The summed E-state index contributed by atoms with van der Waals surface area (Å²) in [6.07, 6.45) is 5.37. The van der Waals surface area contributed by atoms with Crippen LogP contribution in [0.2, 0.25) is 0 Å². The van der Waals surface area contributed by atoms with Gasteiger partial charge in [0.2, 0.25) is 0 Å². The average molecular weight is 276 g/mol. The number of likely N-dealkylation sites (tertiary alicyclic amines) is 1. The van der Waals surface area contributed by atoms with Crippen LogP contribution in [0.5, 0.6) is 0 Å². The van der Waals surface area contributed by atoms with Crippen molar-refractivity contribution < 1.29 is 9.90 Å². The van der Waals surface area contributed by atoms with E-state index in [9.17, 15) is 4.79 Å². The molecular weight excluding hydrogens is 260 g/mol. The highest BCUT2D eigenvalue weighted by Crippen LogP contribution is 2.30. The van der Waals surface area contributed by atoms with Gasteiger partial charge in [-0.25, -0.2) is 9.48 Å². The Labute approximate surface area is 115 Å². The molecule has 0 aliphatic carbocycles. The lowest BCUT2D eigenvalue weighted by atomic mass is 10.0. The lowest BCUT2D eigenvalue weighted by Gasteiger charge is -2.42. The number of carbonyl (C=O) groups is 1. The summed E-state index contributed by atoms with van der Waals surface area (Å²) in [5.41, 5.74) is 1.17. The number of carboxylic acids is 1. The van der Waals surface area contributed by atoms with E-state index in [1.807, 2.05) is 19.4 Å². The van der Waals surface area contributed by atoms with Crippen molar-refractivity contribution in [2.45, 2.75) is 19.0 Å². The zero-order valence-electron chi connectivity index (χ0n) is 11.3. The van der Waals surface area contributed by atoms with Crippen LogP contribution in [0.25, 0.3) is 0 Å². The standard InChI is InChI=1S/C12H16N6O2/c1-8(9-3-13-16(2)4-9)17-5-10(6-17)18-7-11(12(19)20)14-15-18/h3-4,7-8,10H,5-6H2,1-2H3,(H,19,20). The minimum Gasteiger partial charge on any atom is -0.476 e. The Bertz CT molecular complexity index is 627. The van der Waals surface area contributed by atoms with Crippen LogP contribution in [-0.2, 0) is 7.05 Å². The summed E-state index contributed by atoms with van der Waals surface area (Å²) in [7, 11) is 1.90. The van der Waals surface area contributed by atoms with E-state index >= 15 is 0 Å². The first-order chi connectivity index (χ1) is 9.54. The van der Waals surface area contributed by atoms with Crippen molar-refractivity contribution in [2.24, 2.45) is 7.05 Å².